The van der Waals surface area contributed by atoms with Crippen molar-refractivity contribution in [1.82, 2.24) is 20.4 Å². The standard InChI is InChI=1S/C27H56N4O2/c1-24(2,3)29-23(32)13-11-17-30-18-20-31(21-19-30)27(9,10)15-14-26(7,8)28-16-12-22-33-25(4,5)6/h28H,11-22H2,1-10H3,(H,29,32). The minimum absolute atomic E-state index is 0.0511. The summed E-state index contributed by atoms with van der Waals surface area (Å²) >= 11 is 0. The molecule has 1 heterocycles. The summed E-state index contributed by atoms with van der Waals surface area (Å²) in [6.07, 6.45) is 4.94. The van der Waals surface area contributed by atoms with Crippen molar-refractivity contribution < 1.29 is 9.53 Å². The minimum atomic E-state index is -0.140. The van der Waals surface area contributed by atoms with Crippen LogP contribution in [0.5, 0.6) is 0 Å². The van der Waals surface area contributed by atoms with Crippen LogP contribution in [0.15, 0.2) is 0 Å². The Morgan fingerprint density at radius 3 is 2.00 bits per heavy atom. The second-order valence-corrected chi connectivity index (χ2v) is 13.2. The predicted octanol–water partition coefficient (Wildman–Crippen LogP) is 4.43. The van der Waals surface area contributed by atoms with E-state index in [4.69, 9.17) is 4.74 Å². The van der Waals surface area contributed by atoms with E-state index in [2.05, 4.69) is 68.9 Å². The monoisotopic (exact) mass is 468 g/mol. The normalized spacial score (nSPS) is 17.4. The summed E-state index contributed by atoms with van der Waals surface area (Å²) in [4.78, 5) is 17.2. The highest BCUT2D eigenvalue weighted by atomic mass is 16.5. The Labute approximate surface area is 205 Å². The summed E-state index contributed by atoms with van der Waals surface area (Å²) in [5.74, 6) is 0.167. The molecule has 0 aromatic heterocycles. The molecule has 6 heteroatoms. The first-order valence-electron chi connectivity index (χ1n) is 13.2. The Kier molecular flexibility index (Phi) is 11.8. The number of ether oxygens (including phenoxy) is 1. The fourth-order valence-corrected chi connectivity index (χ4v) is 4.26. The molecule has 0 saturated carbocycles. The van der Waals surface area contributed by atoms with Gasteiger partial charge in [0, 0.05) is 55.8 Å². The minimum Gasteiger partial charge on any atom is -0.376 e. The number of hydrogen-bond donors (Lipinski definition) is 2. The number of nitrogens with zero attached hydrogens (tertiary/aromatic N) is 2. The molecule has 0 aliphatic carbocycles. The summed E-state index contributed by atoms with van der Waals surface area (Å²) in [7, 11) is 0. The summed E-state index contributed by atoms with van der Waals surface area (Å²) in [5, 5.41) is 6.79. The van der Waals surface area contributed by atoms with E-state index in [9.17, 15) is 4.79 Å². The van der Waals surface area contributed by atoms with Crippen molar-refractivity contribution in [1.29, 1.82) is 0 Å². The lowest BCUT2D eigenvalue weighted by molar-refractivity contribution is -0.122. The van der Waals surface area contributed by atoms with Crippen molar-refractivity contribution in [3.05, 3.63) is 0 Å². The fraction of sp³-hybridized carbons (Fsp3) is 0.963. The Morgan fingerprint density at radius 2 is 1.45 bits per heavy atom. The third-order valence-corrected chi connectivity index (χ3v) is 6.44. The summed E-state index contributed by atoms with van der Waals surface area (Å²) in [6.45, 7) is 29.1. The number of nitrogens with one attached hydrogen (secondary N) is 2. The highest BCUT2D eigenvalue weighted by Crippen LogP contribution is 2.26. The summed E-state index contributed by atoms with van der Waals surface area (Å²) in [6, 6.07) is 0. The molecule has 196 valence electrons. The van der Waals surface area contributed by atoms with Gasteiger partial charge in [-0.05, 0) is 108 Å². The number of piperazine rings is 1. The molecule has 2 N–H and O–H groups in total. The Morgan fingerprint density at radius 1 is 0.848 bits per heavy atom. The first kappa shape index (κ1) is 30.3. The van der Waals surface area contributed by atoms with Gasteiger partial charge in [-0.1, -0.05) is 0 Å². The van der Waals surface area contributed by atoms with Gasteiger partial charge in [-0.3, -0.25) is 9.69 Å². The second kappa shape index (κ2) is 12.9. The molecule has 1 fully saturated rings. The smallest absolute Gasteiger partial charge is 0.220 e. The third-order valence-electron chi connectivity index (χ3n) is 6.44. The average molecular weight is 469 g/mol. The predicted molar refractivity (Wildman–Crippen MR) is 141 cm³/mol. The zero-order valence-corrected chi connectivity index (χ0v) is 23.7. The summed E-state index contributed by atoms with van der Waals surface area (Å²) in [5.41, 5.74) is 0.144. The Bertz CT molecular complexity index is 568. The van der Waals surface area contributed by atoms with Crippen LogP contribution in [-0.2, 0) is 9.53 Å². The molecule has 0 radical (unpaired) electrons. The molecule has 0 bridgehead atoms. The van der Waals surface area contributed by atoms with E-state index < -0.39 is 0 Å². The molecule has 1 aliphatic rings. The molecule has 1 amide bonds. The van der Waals surface area contributed by atoms with E-state index in [-0.39, 0.29) is 28.1 Å². The van der Waals surface area contributed by atoms with E-state index in [0.717, 1.165) is 65.1 Å². The molecule has 0 atom stereocenters. The van der Waals surface area contributed by atoms with E-state index in [1.54, 1.807) is 0 Å². The maximum absolute atomic E-state index is 12.0. The van der Waals surface area contributed by atoms with Gasteiger partial charge in [0.15, 0.2) is 0 Å². The molecule has 1 rings (SSSR count). The lowest BCUT2D eigenvalue weighted by atomic mass is 9.87. The van der Waals surface area contributed by atoms with Crippen molar-refractivity contribution in [2.45, 2.75) is 124 Å². The van der Waals surface area contributed by atoms with Gasteiger partial charge >= 0.3 is 0 Å². The molecule has 1 saturated heterocycles. The number of amides is 1. The van der Waals surface area contributed by atoms with Gasteiger partial charge in [0.1, 0.15) is 0 Å². The molecule has 6 nitrogen and oxygen atoms in total. The number of carbonyl (C=O) groups excluding carboxylic acids is 1. The zero-order valence-electron chi connectivity index (χ0n) is 23.7. The number of rotatable bonds is 13. The molecule has 33 heavy (non-hydrogen) atoms. The van der Waals surface area contributed by atoms with Crippen LogP contribution in [0.1, 0.15) is 101 Å². The van der Waals surface area contributed by atoms with Crippen LogP contribution < -0.4 is 10.6 Å². The molecular formula is C27H56N4O2. The van der Waals surface area contributed by atoms with Gasteiger partial charge in [0.25, 0.3) is 0 Å². The maximum atomic E-state index is 12.0. The molecular weight excluding hydrogens is 412 g/mol. The van der Waals surface area contributed by atoms with Crippen molar-refractivity contribution in [3.63, 3.8) is 0 Å². The lowest BCUT2D eigenvalue weighted by Gasteiger charge is -2.45. The van der Waals surface area contributed by atoms with Gasteiger partial charge in [-0.2, -0.15) is 0 Å². The van der Waals surface area contributed by atoms with Crippen LogP contribution in [-0.4, -0.2) is 83.8 Å². The molecule has 0 aromatic rings. The van der Waals surface area contributed by atoms with Crippen molar-refractivity contribution >= 4 is 5.91 Å². The quantitative estimate of drug-likeness (QED) is 0.392. The van der Waals surface area contributed by atoms with Crippen molar-refractivity contribution in [3.8, 4) is 0 Å². The van der Waals surface area contributed by atoms with E-state index >= 15 is 0 Å². The highest BCUT2D eigenvalue weighted by molar-refractivity contribution is 5.76. The van der Waals surface area contributed by atoms with Crippen LogP contribution in [0.3, 0.4) is 0 Å². The van der Waals surface area contributed by atoms with Crippen LogP contribution in [0.4, 0.5) is 0 Å². The third kappa shape index (κ3) is 14.3. The van der Waals surface area contributed by atoms with Gasteiger partial charge in [-0.15, -0.1) is 0 Å². The Hall–Kier alpha value is -0.690. The Balaban J connectivity index is 2.28. The fourth-order valence-electron chi connectivity index (χ4n) is 4.26. The molecule has 1 aliphatic heterocycles. The van der Waals surface area contributed by atoms with Crippen LogP contribution in [0, 0.1) is 0 Å². The second-order valence-electron chi connectivity index (χ2n) is 13.2. The first-order valence-corrected chi connectivity index (χ1v) is 13.2. The summed E-state index contributed by atoms with van der Waals surface area (Å²) < 4.78 is 5.83. The van der Waals surface area contributed by atoms with Crippen molar-refractivity contribution in [2.24, 2.45) is 0 Å². The van der Waals surface area contributed by atoms with E-state index in [1.807, 2.05) is 20.8 Å². The largest absolute Gasteiger partial charge is 0.376 e. The zero-order chi connectivity index (χ0) is 25.3. The number of hydrogen-bond acceptors (Lipinski definition) is 5. The number of carbonyl (C=O) groups is 1. The van der Waals surface area contributed by atoms with Gasteiger partial charge in [0.2, 0.25) is 5.91 Å². The van der Waals surface area contributed by atoms with Crippen molar-refractivity contribution in [2.75, 3.05) is 45.9 Å². The van der Waals surface area contributed by atoms with Crippen LogP contribution in [0.2, 0.25) is 0 Å². The van der Waals surface area contributed by atoms with E-state index in [1.165, 1.54) is 6.42 Å². The van der Waals surface area contributed by atoms with E-state index in [0.29, 0.717) is 6.42 Å². The van der Waals surface area contributed by atoms with Gasteiger partial charge < -0.3 is 20.3 Å². The van der Waals surface area contributed by atoms with Crippen LogP contribution >= 0.6 is 0 Å². The SMILES string of the molecule is CC(C)(C)NC(=O)CCCN1CCN(C(C)(C)CCC(C)(C)NCCCOC(C)(C)C)CC1. The van der Waals surface area contributed by atoms with Gasteiger partial charge in [-0.25, -0.2) is 0 Å². The topological polar surface area (TPSA) is 56.8 Å². The molecule has 0 aromatic carbocycles. The van der Waals surface area contributed by atoms with Crippen LogP contribution in [0.25, 0.3) is 0 Å². The highest BCUT2D eigenvalue weighted by Gasteiger charge is 2.31. The molecule has 0 spiro atoms. The van der Waals surface area contributed by atoms with Gasteiger partial charge in [0.05, 0.1) is 5.60 Å². The first-order chi connectivity index (χ1) is 15.0. The lowest BCUT2D eigenvalue weighted by Crippen LogP contribution is -2.55. The maximum Gasteiger partial charge on any atom is 0.220 e. The molecule has 0 unspecified atom stereocenters. The average Bonchev–Trinajstić information content (AvgIpc) is 2.64.